The van der Waals surface area contributed by atoms with Crippen LogP contribution >= 0.6 is 0 Å². The van der Waals surface area contributed by atoms with Gasteiger partial charge < -0.3 is 10.2 Å². The Balaban J connectivity index is 2.21. The van der Waals surface area contributed by atoms with Crippen molar-refractivity contribution < 1.29 is 15.0 Å². The predicted molar refractivity (Wildman–Crippen MR) is 77.9 cm³/mol. The number of rotatable bonds is 2. The van der Waals surface area contributed by atoms with Crippen LogP contribution in [0.5, 0.6) is 0 Å². The van der Waals surface area contributed by atoms with Gasteiger partial charge in [-0.2, -0.15) is 0 Å². The van der Waals surface area contributed by atoms with Gasteiger partial charge in [0, 0.05) is 11.8 Å². The minimum absolute atomic E-state index is 0.279. The fourth-order valence-electron chi connectivity index (χ4n) is 2.21. The summed E-state index contributed by atoms with van der Waals surface area (Å²) in [5, 5.41) is 21.0. The number of carboxylic acids is 1. The number of fused-ring (bicyclic) bond motifs is 1. The second kappa shape index (κ2) is 4.82. The van der Waals surface area contributed by atoms with E-state index in [1.807, 2.05) is 13.0 Å². The summed E-state index contributed by atoms with van der Waals surface area (Å²) in [6.45, 7) is 1.88. The summed E-state index contributed by atoms with van der Waals surface area (Å²) in [7, 11) is 0. The third-order valence-corrected chi connectivity index (χ3v) is 3.20. The average Bonchev–Trinajstić information content (AvgIpc) is 2.48. The molecule has 0 amide bonds. The van der Waals surface area contributed by atoms with Crippen LogP contribution in [0.3, 0.4) is 0 Å². The molecule has 106 valence electrons. The van der Waals surface area contributed by atoms with E-state index >= 15 is 0 Å². The first kappa shape index (κ1) is 13.0. The number of carboxylic acid groups (broad SMARTS) is 1. The van der Waals surface area contributed by atoms with Gasteiger partial charge in [-0.3, -0.25) is 5.43 Å². The van der Waals surface area contributed by atoms with Gasteiger partial charge in [-0.1, -0.05) is 17.7 Å². The van der Waals surface area contributed by atoms with Crippen molar-refractivity contribution in [3.8, 4) is 0 Å². The normalized spacial score (nSPS) is 13.7. The lowest BCUT2D eigenvalue weighted by molar-refractivity contribution is -0.133. The summed E-state index contributed by atoms with van der Waals surface area (Å²) >= 11 is 0. The van der Waals surface area contributed by atoms with Crippen LogP contribution in [0.2, 0.25) is 0 Å². The predicted octanol–water partition coefficient (Wildman–Crippen LogP) is 2.36. The highest BCUT2D eigenvalue weighted by Gasteiger charge is 2.29. The number of nitrogens with one attached hydrogen (secondary N) is 1. The molecular formula is C15H13N3O3. The molecule has 1 aliphatic heterocycles. The van der Waals surface area contributed by atoms with E-state index in [0.29, 0.717) is 17.1 Å². The van der Waals surface area contributed by atoms with Gasteiger partial charge in [0.15, 0.2) is 17.3 Å². The molecular weight excluding hydrogens is 270 g/mol. The van der Waals surface area contributed by atoms with Crippen molar-refractivity contribution in [2.45, 2.75) is 6.92 Å². The van der Waals surface area contributed by atoms with Crippen molar-refractivity contribution >= 4 is 23.2 Å². The Morgan fingerprint density at radius 2 is 2.10 bits per heavy atom. The fraction of sp³-hybridized carbons (Fsp3) is 0.0667. The summed E-state index contributed by atoms with van der Waals surface area (Å²) in [5.41, 5.74) is 4.44. The number of aliphatic hydroxyl groups excluding tert-OH is 1. The molecule has 0 fully saturated rings. The maximum absolute atomic E-state index is 11.3. The van der Waals surface area contributed by atoms with Crippen molar-refractivity contribution in [1.29, 1.82) is 0 Å². The fourth-order valence-corrected chi connectivity index (χ4v) is 2.21. The van der Waals surface area contributed by atoms with Crippen LogP contribution in [0.1, 0.15) is 11.1 Å². The number of aliphatic hydroxyl groups is 1. The molecule has 0 aliphatic carbocycles. The zero-order valence-corrected chi connectivity index (χ0v) is 11.2. The number of carbonyl (C=O) groups is 1. The summed E-state index contributed by atoms with van der Waals surface area (Å²) in [6, 6.07) is 10.8. The van der Waals surface area contributed by atoms with Gasteiger partial charge >= 0.3 is 5.97 Å². The molecule has 0 atom stereocenters. The smallest absolute Gasteiger partial charge is 0.357 e. The first-order valence-electron chi connectivity index (χ1n) is 6.33. The van der Waals surface area contributed by atoms with Crippen molar-refractivity contribution in [3.05, 3.63) is 59.4 Å². The number of hydrogen-bond donors (Lipinski definition) is 3. The number of aliphatic carboxylic acids is 1. The first-order valence-corrected chi connectivity index (χ1v) is 6.33. The van der Waals surface area contributed by atoms with E-state index in [4.69, 9.17) is 0 Å². The summed E-state index contributed by atoms with van der Waals surface area (Å²) < 4.78 is 0. The van der Waals surface area contributed by atoms with Gasteiger partial charge in [0.2, 0.25) is 0 Å². The Morgan fingerprint density at radius 1 is 1.29 bits per heavy atom. The number of aromatic nitrogens is 1. The molecule has 21 heavy (non-hydrogen) atoms. The molecule has 1 aromatic heterocycles. The van der Waals surface area contributed by atoms with Crippen molar-refractivity contribution in [1.82, 2.24) is 10.4 Å². The molecule has 2 heterocycles. The van der Waals surface area contributed by atoms with Crippen molar-refractivity contribution in [2.75, 3.05) is 5.01 Å². The third-order valence-electron chi connectivity index (χ3n) is 3.20. The molecule has 1 aliphatic rings. The molecule has 2 aromatic rings. The molecule has 1 aromatic carbocycles. The van der Waals surface area contributed by atoms with Crippen LogP contribution < -0.4 is 10.4 Å². The average molecular weight is 283 g/mol. The highest BCUT2D eigenvalue weighted by Crippen LogP contribution is 2.35. The Kier molecular flexibility index (Phi) is 2.98. The van der Waals surface area contributed by atoms with Crippen LogP contribution in [0.15, 0.2) is 48.3 Å². The highest BCUT2D eigenvalue weighted by atomic mass is 16.4. The zero-order chi connectivity index (χ0) is 15.0. The highest BCUT2D eigenvalue weighted by molar-refractivity contribution is 5.98. The summed E-state index contributed by atoms with van der Waals surface area (Å²) in [6.07, 6.45) is 1.61. The molecule has 3 N–H and O–H groups in total. The Bertz CT molecular complexity index is 741. The molecule has 6 nitrogen and oxygen atoms in total. The molecule has 0 spiro atoms. The molecule has 6 heteroatoms. The summed E-state index contributed by atoms with van der Waals surface area (Å²) in [4.78, 5) is 15.5. The molecule has 0 unspecified atom stereocenters. The topological polar surface area (TPSA) is 85.7 Å². The lowest BCUT2D eigenvalue weighted by Gasteiger charge is -2.31. The van der Waals surface area contributed by atoms with Crippen LogP contribution in [0, 0.1) is 6.92 Å². The van der Waals surface area contributed by atoms with Gasteiger partial charge in [-0.25, -0.2) is 14.8 Å². The molecule has 3 rings (SSSR count). The van der Waals surface area contributed by atoms with E-state index in [1.165, 1.54) is 5.01 Å². The van der Waals surface area contributed by atoms with Crippen molar-refractivity contribution in [3.63, 3.8) is 0 Å². The standard InChI is InChI=1S/C15H13N3O3/c1-9-5-6-11-10(8-9)14(19)13(15(20)21)17-18(11)12-4-2-3-7-16-12/h2-8,17,19H,1H3,(H,20,21). The largest absolute Gasteiger partial charge is 0.505 e. The first-order chi connectivity index (χ1) is 10.1. The van der Waals surface area contributed by atoms with E-state index < -0.39 is 5.97 Å². The second-order valence-corrected chi connectivity index (χ2v) is 4.68. The maximum Gasteiger partial charge on any atom is 0.357 e. The lowest BCUT2D eigenvalue weighted by Crippen LogP contribution is -2.40. The molecule has 0 bridgehead atoms. The lowest BCUT2D eigenvalue weighted by atomic mass is 10.0. The quantitative estimate of drug-likeness (QED) is 0.784. The maximum atomic E-state index is 11.3. The van der Waals surface area contributed by atoms with Crippen LogP contribution in [0.4, 0.5) is 11.5 Å². The van der Waals surface area contributed by atoms with Gasteiger partial charge in [-0.05, 0) is 31.2 Å². The Labute approximate surface area is 121 Å². The molecule has 0 saturated carbocycles. The summed E-state index contributed by atoms with van der Waals surface area (Å²) in [5.74, 6) is -0.983. The number of aryl methyl sites for hydroxylation is 1. The number of pyridine rings is 1. The molecule has 0 radical (unpaired) electrons. The Morgan fingerprint density at radius 3 is 2.76 bits per heavy atom. The van der Waals surface area contributed by atoms with Crippen LogP contribution in [0.25, 0.3) is 5.76 Å². The van der Waals surface area contributed by atoms with Crippen molar-refractivity contribution in [2.24, 2.45) is 0 Å². The van der Waals surface area contributed by atoms with E-state index in [-0.39, 0.29) is 11.5 Å². The zero-order valence-electron chi connectivity index (χ0n) is 11.2. The van der Waals surface area contributed by atoms with E-state index in [9.17, 15) is 15.0 Å². The number of benzene rings is 1. The van der Waals surface area contributed by atoms with Gasteiger partial charge in [0.25, 0.3) is 0 Å². The van der Waals surface area contributed by atoms with E-state index in [0.717, 1.165) is 5.56 Å². The molecule has 0 saturated heterocycles. The van der Waals surface area contributed by atoms with Gasteiger partial charge in [0.1, 0.15) is 0 Å². The number of hydrogen-bond acceptors (Lipinski definition) is 5. The number of hydrazine groups is 1. The van der Waals surface area contributed by atoms with E-state index in [2.05, 4.69) is 10.4 Å². The SMILES string of the molecule is Cc1ccc2c(c1)C(O)=C(C(=O)O)NN2c1ccccn1. The third kappa shape index (κ3) is 2.16. The van der Waals surface area contributed by atoms with Crippen LogP contribution in [-0.4, -0.2) is 21.2 Å². The monoisotopic (exact) mass is 283 g/mol. The number of anilines is 2. The minimum Gasteiger partial charge on any atom is -0.505 e. The van der Waals surface area contributed by atoms with E-state index in [1.54, 1.807) is 36.5 Å². The van der Waals surface area contributed by atoms with Crippen LogP contribution in [-0.2, 0) is 4.79 Å². The second-order valence-electron chi connectivity index (χ2n) is 4.68. The van der Waals surface area contributed by atoms with Gasteiger partial charge in [-0.15, -0.1) is 0 Å². The Hall–Kier alpha value is -3.02. The minimum atomic E-state index is -1.24. The van der Waals surface area contributed by atoms with Gasteiger partial charge in [0.05, 0.1) is 5.69 Å². The number of nitrogens with zero attached hydrogens (tertiary/aromatic N) is 2.